The van der Waals surface area contributed by atoms with Crippen molar-refractivity contribution in [3.05, 3.63) is 0 Å². The third kappa shape index (κ3) is 5.71. The lowest BCUT2D eigenvalue weighted by molar-refractivity contribution is -0.120. The molecule has 0 rings (SSSR count). The molecule has 0 bridgehead atoms. The molecular weight excluding hydrogens is 242 g/mol. The van der Waals surface area contributed by atoms with Crippen LogP contribution in [-0.4, -0.2) is 33.5 Å². The normalized spacial score (nSPS) is 15.2. The molecule has 1 amide bonds. The molecule has 12 heavy (non-hydrogen) atoms. The fraction of sp³-hybridized carbons (Fsp3) is 0.857. The zero-order valence-corrected chi connectivity index (χ0v) is 9.70. The van der Waals surface area contributed by atoms with E-state index >= 15 is 0 Å². The van der Waals surface area contributed by atoms with Gasteiger partial charge in [-0.15, -0.1) is 0 Å². The largest absolute Gasteiger partial charge is 0.355 e. The Labute approximate surface area is 83.9 Å². The quantitative estimate of drug-likeness (QED) is 0.734. The van der Waals surface area contributed by atoms with Gasteiger partial charge >= 0.3 is 0 Å². The van der Waals surface area contributed by atoms with Crippen LogP contribution in [-0.2, 0) is 15.6 Å². The second-order valence-electron chi connectivity index (χ2n) is 2.55. The minimum atomic E-state index is -0.857. The lowest BCUT2D eigenvalue weighted by Crippen LogP contribution is -2.32. The lowest BCUT2D eigenvalue weighted by Gasteiger charge is -2.08. The predicted molar refractivity (Wildman–Crippen MR) is 54.9 cm³/mol. The van der Waals surface area contributed by atoms with Gasteiger partial charge in [0.2, 0.25) is 5.91 Å². The van der Waals surface area contributed by atoms with E-state index in [0.717, 1.165) is 0 Å². The van der Waals surface area contributed by atoms with Crippen LogP contribution in [0.2, 0.25) is 0 Å². The molecule has 2 unspecified atom stereocenters. The molecular formula is C7H14BrNO2S. The first-order valence-electron chi connectivity index (χ1n) is 3.72. The average Bonchev–Trinajstić information content (AvgIpc) is 2.00. The number of carbonyl (C=O) groups is 1. The summed E-state index contributed by atoms with van der Waals surface area (Å²) >= 11 is 3.17. The van der Waals surface area contributed by atoms with Gasteiger partial charge in [-0.1, -0.05) is 15.9 Å². The van der Waals surface area contributed by atoms with E-state index in [1.807, 2.05) is 6.92 Å². The molecule has 0 saturated carbocycles. The predicted octanol–water partition coefficient (Wildman–Crippen LogP) is 0.655. The first-order valence-corrected chi connectivity index (χ1v) is 6.47. The number of rotatable bonds is 5. The fourth-order valence-corrected chi connectivity index (χ4v) is 1.23. The monoisotopic (exact) mass is 255 g/mol. The lowest BCUT2D eigenvalue weighted by atomic mass is 10.4. The van der Waals surface area contributed by atoms with E-state index in [2.05, 4.69) is 21.2 Å². The fourth-order valence-electron chi connectivity index (χ4n) is 0.549. The van der Waals surface area contributed by atoms with Gasteiger partial charge in [0.25, 0.3) is 0 Å². The summed E-state index contributed by atoms with van der Waals surface area (Å²) in [5, 5.41) is 3.40. The van der Waals surface area contributed by atoms with Crippen LogP contribution in [0.3, 0.4) is 0 Å². The van der Waals surface area contributed by atoms with E-state index < -0.39 is 10.8 Å². The Bertz CT molecular complexity index is 175. The molecule has 0 aliphatic carbocycles. The molecule has 0 aromatic carbocycles. The summed E-state index contributed by atoms with van der Waals surface area (Å²) in [4.78, 5) is 10.9. The Hall–Kier alpha value is 0.1000. The maximum atomic E-state index is 10.9. The van der Waals surface area contributed by atoms with Crippen LogP contribution < -0.4 is 5.32 Å². The second kappa shape index (κ2) is 6.60. The zero-order valence-electron chi connectivity index (χ0n) is 7.30. The Morgan fingerprint density at radius 3 is 2.67 bits per heavy atom. The van der Waals surface area contributed by atoms with Gasteiger partial charge in [-0.05, 0) is 6.92 Å². The molecule has 0 spiro atoms. The minimum absolute atomic E-state index is 0.00387. The van der Waals surface area contributed by atoms with Gasteiger partial charge in [0.15, 0.2) is 0 Å². The van der Waals surface area contributed by atoms with Crippen LogP contribution in [0.1, 0.15) is 13.3 Å². The summed E-state index contributed by atoms with van der Waals surface area (Å²) in [6, 6.07) is 0. The third-order valence-electron chi connectivity index (χ3n) is 1.47. The molecule has 2 atom stereocenters. The Morgan fingerprint density at radius 2 is 2.25 bits per heavy atom. The van der Waals surface area contributed by atoms with Gasteiger partial charge in [0, 0.05) is 40.6 Å². The number of alkyl halides is 1. The molecule has 0 aliphatic rings. The van der Waals surface area contributed by atoms with E-state index in [-0.39, 0.29) is 11.2 Å². The van der Waals surface area contributed by atoms with Crippen LogP contribution in [0.15, 0.2) is 0 Å². The van der Waals surface area contributed by atoms with Crippen molar-refractivity contribution in [2.75, 3.05) is 18.1 Å². The molecule has 0 saturated heterocycles. The third-order valence-corrected chi connectivity index (χ3v) is 3.17. The highest BCUT2D eigenvalue weighted by molar-refractivity contribution is 9.09. The number of nitrogens with one attached hydrogen (secondary N) is 1. The molecule has 3 nitrogen and oxygen atoms in total. The summed E-state index contributed by atoms with van der Waals surface area (Å²) in [6.45, 7) is 2.35. The molecule has 0 radical (unpaired) electrons. The molecule has 0 heterocycles. The van der Waals surface area contributed by atoms with Crippen molar-refractivity contribution in [1.82, 2.24) is 5.32 Å². The van der Waals surface area contributed by atoms with Crippen LogP contribution in [0.5, 0.6) is 0 Å². The number of amides is 1. The summed E-state index contributed by atoms with van der Waals surface area (Å²) in [6.07, 6.45) is 2.12. The highest BCUT2D eigenvalue weighted by Crippen LogP contribution is 1.91. The molecule has 5 heteroatoms. The Kier molecular flexibility index (Phi) is 6.65. The topological polar surface area (TPSA) is 46.2 Å². The SMILES string of the molecule is CC(CNC(=O)CCBr)S(C)=O. The Balaban J connectivity index is 3.54. The van der Waals surface area contributed by atoms with Crippen LogP contribution >= 0.6 is 15.9 Å². The summed E-state index contributed by atoms with van der Waals surface area (Å²) in [5.41, 5.74) is 0. The summed E-state index contributed by atoms with van der Waals surface area (Å²) in [7, 11) is -0.857. The molecule has 0 aromatic rings. The molecule has 0 aliphatic heterocycles. The number of carbonyl (C=O) groups excluding carboxylic acids is 1. The summed E-state index contributed by atoms with van der Waals surface area (Å²) in [5.74, 6) is 0.00387. The highest BCUT2D eigenvalue weighted by atomic mass is 79.9. The van der Waals surface area contributed by atoms with Gasteiger partial charge < -0.3 is 5.32 Å². The van der Waals surface area contributed by atoms with E-state index in [1.165, 1.54) is 0 Å². The van der Waals surface area contributed by atoms with E-state index in [0.29, 0.717) is 18.3 Å². The maximum absolute atomic E-state index is 10.9. The molecule has 0 fully saturated rings. The van der Waals surface area contributed by atoms with Gasteiger partial charge in [0.1, 0.15) is 0 Å². The zero-order chi connectivity index (χ0) is 9.56. The second-order valence-corrected chi connectivity index (χ2v) is 5.15. The average molecular weight is 256 g/mol. The molecule has 72 valence electrons. The molecule has 1 N–H and O–H groups in total. The van der Waals surface area contributed by atoms with Gasteiger partial charge in [0.05, 0.1) is 0 Å². The van der Waals surface area contributed by atoms with Gasteiger partial charge in [-0.25, -0.2) is 0 Å². The first kappa shape index (κ1) is 12.1. The standard InChI is InChI=1S/C7H14BrNO2S/c1-6(12(2)11)5-9-7(10)3-4-8/h6H,3-5H2,1-2H3,(H,9,10). The number of hydrogen-bond acceptors (Lipinski definition) is 2. The maximum Gasteiger partial charge on any atom is 0.220 e. The van der Waals surface area contributed by atoms with Crippen molar-refractivity contribution >= 4 is 32.6 Å². The van der Waals surface area contributed by atoms with Crippen LogP contribution in [0.25, 0.3) is 0 Å². The van der Waals surface area contributed by atoms with Crippen molar-refractivity contribution in [2.24, 2.45) is 0 Å². The Morgan fingerprint density at radius 1 is 1.67 bits per heavy atom. The van der Waals surface area contributed by atoms with Crippen molar-refractivity contribution in [1.29, 1.82) is 0 Å². The van der Waals surface area contributed by atoms with E-state index in [9.17, 15) is 9.00 Å². The first-order chi connectivity index (χ1) is 5.57. The van der Waals surface area contributed by atoms with E-state index in [4.69, 9.17) is 0 Å². The van der Waals surface area contributed by atoms with Crippen LogP contribution in [0.4, 0.5) is 0 Å². The van der Waals surface area contributed by atoms with Gasteiger partial charge in [-0.3, -0.25) is 9.00 Å². The number of hydrogen-bond donors (Lipinski definition) is 1. The van der Waals surface area contributed by atoms with Crippen molar-refractivity contribution in [2.45, 2.75) is 18.6 Å². The molecule has 0 aromatic heterocycles. The van der Waals surface area contributed by atoms with Gasteiger partial charge in [-0.2, -0.15) is 0 Å². The smallest absolute Gasteiger partial charge is 0.220 e. The van der Waals surface area contributed by atoms with Crippen molar-refractivity contribution < 1.29 is 9.00 Å². The van der Waals surface area contributed by atoms with Crippen molar-refractivity contribution in [3.63, 3.8) is 0 Å². The van der Waals surface area contributed by atoms with E-state index in [1.54, 1.807) is 6.26 Å². The summed E-state index contributed by atoms with van der Waals surface area (Å²) < 4.78 is 10.9. The minimum Gasteiger partial charge on any atom is -0.355 e. The number of halogens is 1. The van der Waals surface area contributed by atoms with Crippen molar-refractivity contribution in [3.8, 4) is 0 Å². The van der Waals surface area contributed by atoms with Crippen LogP contribution in [0, 0.1) is 0 Å². The highest BCUT2D eigenvalue weighted by Gasteiger charge is 2.07.